The van der Waals surface area contributed by atoms with E-state index in [0.717, 1.165) is 24.5 Å². The van der Waals surface area contributed by atoms with E-state index in [9.17, 15) is 0 Å². The van der Waals surface area contributed by atoms with Gasteiger partial charge in [-0.1, -0.05) is 30.7 Å². The molecule has 0 amide bonds. The monoisotopic (exact) mass is 282 g/mol. The highest BCUT2D eigenvalue weighted by Crippen LogP contribution is 2.55. The quantitative estimate of drug-likeness (QED) is 0.917. The van der Waals surface area contributed by atoms with Crippen LogP contribution >= 0.6 is 0 Å². The first-order valence-electron chi connectivity index (χ1n) is 7.95. The van der Waals surface area contributed by atoms with Gasteiger partial charge in [0, 0.05) is 12.6 Å². The molecule has 2 fully saturated rings. The van der Waals surface area contributed by atoms with Crippen molar-refractivity contribution < 1.29 is 0 Å². The van der Waals surface area contributed by atoms with Crippen LogP contribution in [0.1, 0.15) is 43.2 Å². The fraction of sp³-hybridized carbons (Fsp3) is 0.529. The highest BCUT2D eigenvalue weighted by atomic mass is 15.3. The summed E-state index contributed by atoms with van der Waals surface area (Å²) in [5.41, 5.74) is 3.40. The second-order valence-corrected chi connectivity index (χ2v) is 6.75. The van der Waals surface area contributed by atoms with Gasteiger partial charge < -0.3 is 5.32 Å². The maximum Gasteiger partial charge on any atom is 0.137 e. The molecule has 0 radical (unpaired) electrons. The van der Waals surface area contributed by atoms with Crippen molar-refractivity contribution >= 4 is 0 Å². The van der Waals surface area contributed by atoms with Gasteiger partial charge in [0.1, 0.15) is 12.7 Å². The normalized spacial score (nSPS) is 20.2. The third kappa shape index (κ3) is 2.72. The number of benzene rings is 1. The highest BCUT2D eigenvalue weighted by molar-refractivity contribution is 5.22. The van der Waals surface area contributed by atoms with Crippen LogP contribution in [-0.4, -0.2) is 20.8 Å². The first-order chi connectivity index (χ1) is 10.3. The summed E-state index contributed by atoms with van der Waals surface area (Å²) < 4.78 is 1.85. The zero-order valence-corrected chi connectivity index (χ0v) is 12.3. The van der Waals surface area contributed by atoms with Crippen molar-refractivity contribution in [1.29, 1.82) is 0 Å². The van der Waals surface area contributed by atoms with E-state index >= 15 is 0 Å². The SMILES string of the molecule is c1ncn(Cc2ccc(CNC3CC4(CCC4)C3)cc2)n1. The first-order valence-corrected chi connectivity index (χ1v) is 7.95. The Balaban J connectivity index is 1.26. The Labute approximate surface area is 125 Å². The molecule has 1 heterocycles. The standard InChI is InChI=1S/C17H22N4/c1-6-17(7-1)8-16(9-17)19-10-14-2-4-15(5-3-14)11-21-13-18-12-20-21/h2-5,12-13,16,19H,1,6-11H2. The Morgan fingerprint density at radius 1 is 1.14 bits per heavy atom. The van der Waals surface area contributed by atoms with Crippen molar-refractivity contribution in [3.05, 3.63) is 48.0 Å². The Bertz CT molecular complexity index is 576. The molecule has 2 aliphatic rings. The molecule has 0 saturated heterocycles. The number of aromatic nitrogens is 3. The fourth-order valence-electron chi connectivity index (χ4n) is 3.74. The zero-order chi connectivity index (χ0) is 14.1. The third-order valence-corrected chi connectivity index (χ3v) is 5.20. The average molecular weight is 282 g/mol. The van der Waals surface area contributed by atoms with Gasteiger partial charge in [0.2, 0.25) is 0 Å². The van der Waals surface area contributed by atoms with Gasteiger partial charge in [0.25, 0.3) is 0 Å². The summed E-state index contributed by atoms with van der Waals surface area (Å²) in [7, 11) is 0. The molecule has 2 saturated carbocycles. The second-order valence-electron chi connectivity index (χ2n) is 6.75. The van der Waals surface area contributed by atoms with Crippen LogP contribution in [0.4, 0.5) is 0 Å². The lowest BCUT2D eigenvalue weighted by molar-refractivity contribution is -0.00263. The Hall–Kier alpha value is -1.68. The first kappa shape index (κ1) is 13.0. The second kappa shape index (κ2) is 5.26. The van der Waals surface area contributed by atoms with E-state index in [1.54, 1.807) is 12.7 Å². The molecule has 1 aromatic carbocycles. The molecule has 2 aliphatic carbocycles. The lowest BCUT2D eigenvalue weighted by Crippen LogP contribution is -2.51. The summed E-state index contributed by atoms with van der Waals surface area (Å²) in [6.07, 6.45) is 10.5. The molecular formula is C17H22N4. The number of rotatable bonds is 5. The Morgan fingerprint density at radius 3 is 2.52 bits per heavy atom. The van der Waals surface area contributed by atoms with E-state index in [1.807, 2.05) is 4.68 Å². The van der Waals surface area contributed by atoms with E-state index in [4.69, 9.17) is 0 Å². The molecule has 0 atom stereocenters. The lowest BCUT2D eigenvalue weighted by Gasteiger charge is -2.54. The van der Waals surface area contributed by atoms with Crippen LogP contribution in [0.25, 0.3) is 0 Å². The molecule has 4 nitrogen and oxygen atoms in total. The molecular weight excluding hydrogens is 260 g/mol. The van der Waals surface area contributed by atoms with Crippen molar-refractivity contribution in [2.45, 2.75) is 51.2 Å². The summed E-state index contributed by atoms with van der Waals surface area (Å²) in [6, 6.07) is 9.56. The maximum atomic E-state index is 4.13. The van der Waals surface area contributed by atoms with Crippen LogP contribution in [0.3, 0.4) is 0 Å². The molecule has 1 aromatic heterocycles. The fourth-order valence-corrected chi connectivity index (χ4v) is 3.74. The van der Waals surface area contributed by atoms with E-state index in [2.05, 4.69) is 39.7 Å². The average Bonchev–Trinajstić information content (AvgIpc) is 2.90. The smallest absolute Gasteiger partial charge is 0.137 e. The minimum absolute atomic E-state index is 0.750. The van der Waals surface area contributed by atoms with Crippen molar-refractivity contribution in [3.63, 3.8) is 0 Å². The third-order valence-electron chi connectivity index (χ3n) is 5.20. The van der Waals surface area contributed by atoms with Crippen molar-refractivity contribution in [2.75, 3.05) is 0 Å². The lowest BCUT2D eigenvalue weighted by atomic mass is 9.54. The zero-order valence-electron chi connectivity index (χ0n) is 12.3. The van der Waals surface area contributed by atoms with Crippen molar-refractivity contribution in [3.8, 4) is 0 Å². The van der Waals surface area contributed by atoms with Crippen LogP contribution in [0.5, 0.6) is 0 Å². The molecule has 21 heavy (non-hydrogen) atoms. The van der Waals surface area contributed by atoms with Gasteiger partial charge in [0.15, 0.2) is 0 Å². The predicted octanol–water partition coefficient (Wildman–Crippen LogP) is 2.75. The number of hydrogen-bond acceptors (Lipinski definition) is 3. The number of nitrogens with one attached hydrogen (secondary N) is 1. The number of hydrogen-bond donors (Lipinski definition) is 1. The van der Waals surface area contributed by atoms with E-state index in [1.165, 1.54) is 43.2 Å². The molecule has 0 aliphatic heterocycles. The largest absolute Gasteiger partial charge is 0.310 e. The highest BCUT2D eigenvalue weighted by Gasteiger charge is 2.47. The van der Waals surface area contributed by atoms with Gasteiger partial charge in [-0.3, -0.25) is 0 Å². The van der Waals surface area contributed by atoms with Crippen molar-refractivity contribution in [1.82, 2.24) is 20.1 Å². The van der Waals surface area contributed by atoms with Gasteiger partial charge in [-0.15, -0.1) is 0 Å². The summed E-state index contributed by atoms with van der Waals surface area (Å²) in [5, 5.41) is 7.83. The summed E-state index contributed by atoms with van der Waals surface area (Å²) in [6.45, 7) is 1.78. The van der Waals surface area contributed by atoms with Crippen LogP contribution in [-0.2, 0) is 13.1 Å². The van der Waals surface area contributed by atoms with Crippen LogP contribution in [0, 0.1) is 5.41 Å². The summed E-state index contributed by atoms with van der Waals surface area (Å²) >= 11 is 0. The van der Waals surface area contributed by atoms with Gasteiger partial charge in [-0.25, -0.2) is 9.67 Å². The van der Waals surface area contributed by atoms with Crippen LogP contribution in [0.15, 0.2) is 36.9 Å². The van der Waals surface area contributed by atoms with Crippen LogP contribution < -0.4 is 5.32 Å². The van der Waals surface area contributed by atoms with Gasteiger partial charge in [0.05, 0.1) is 6.54 Å². The van der Waals surface area contributed by atoms with E-state index < -0.39 is 0 Å². The van der Waals surface area contributed by atoms with Crippen molar-refractivity contribution in [2.24, 2.45) is 5.41 Å². The molecule has 4 heteroatoms. The predicted molar refractivity (Wildman–Crippen MR) is 81.7 cm³/mol. The van der Waals surface area contributed by atoms with E-state index in [-0.39, 0.29) is 0 Å². The molecule has 1 N–H and O–H groups in total. The van der Waals surface area contributed by atoms with Gasteiger partial charge in [-0.2, -0.15) is 5.10 Å². The number of nitrogens with zero attached hydrogens (tertiary/aromatic N) is 3. The summed E-state index contributed by atoms with van der Waals surface area (Å²) in [4.78, 5) is 3.97. The van der Waals surface area contributed by atoms with Crippen LogP contribution in [0.2, 0.25) is 0 Å². The maximum absolute atomic E-state index is 4.13. The minimum Gasteiger partial charge on any atom is -0.310 e. The Morgan fingerprint density at radius 2 is 1.90 bits per heavy atom. The van der Waals surface area contributed by atoms with Gasteiger partial charge in [-0.05, 0) is 42.2 Å². The molecule has 0 bridgehead atoms. The molecule has 1 spiro atoms. The molecule has 0 unspecified atom stereocenters. The molecule has 4 rings (SSSR count). The molecule has 110 valence electrons. The molecule has 2 aromatic rings. The summed E-state index contributed by atoms with van der Waals surface area (Å²) in [5.74, 6) is 0. The Kier molecular flexibility index (Phi) is 3.26. The van der Waals surface area contributed by atoms with Gasteiger partial charge >= 0.3 is 0 Å². The van der Waals surface area contributed by atoms with E-state index in [0.29, 0.717) is 0 Å². The minimum atomic E-state index is 0.750. The topological polar surface area (TPSA) is 42.7 Å².